The molecule has 0 aliphatic carbocycles. The molecule has 1 N–H and O–H groups in total. The SMILES string of the molecule is N#Cc1cccc(CN2CCCC2O)c1. The highest BCUT2D eigenvalue weighted by molar-refractivity contribution is 5.32. The highest BCUT2D eigenvalue weighted by Crippen LogP contribution is 2.18. The number of aliphatic hydroxyl groups excluding tert-OH is 1. The molecular formula is C12H14N2O. The number of hydrogen-bond acceptors (Lipinski definition) is 3. The number of aliphatic hydroxyl groups is 1. The number of benzene rings is 1. The monoisotopic (exact) mass is 202 g/mol. The van der Waals surface area contributed by atoms with Gasteiger partial charge in [-0.05, 0) is 30.5 Å². The third-order valence-corrected chi connectivity index (χ3v) is 2.77. The van der Waals surface area contributed by atoms with Gasteiger partial charge in [0.1, 0.15) is 6.23 Å². The van der Waals surface area contributed by atoms with Gasteiger partial charge >= 0.3 is 0 Å². The average molecular weight is 202 g/mol. The van der Waals surface area contributed by atoms with Gasteiger partial charge in [0, 0.05) is 13.1 Å². The standard InChI is InChI=1S/C12H14N2O/c13-8-10-3-1-4-11(7-10)9-14-6-2-5-12(14)15/h1,3-4,7,12,15H,2,5-6,9H2. The minimum absolute atomic E-state index is 0.309. The lowest BCUT2D eigenvalue weighted by Gasteiger charge is -2.19. The van der Waals surface area contributed by atoms with Crippen LogP contribution in [0.15, 0.2) is 24.3 Å². The Balaban J connectivity index is 2.07. The Bertz CT molecular complexity index is 383. The Labute approximate surface area is 89.6 Å². The van der Waals surface area contributed by atoms with E-state index in [1.807, 2.05) is 23.1 Å². The summed E-state index contributed by atoms with van der Waals surface area (Å²) in [6.45, 7) is 1.68. The Morgan fingerprint density at radius 2 is 2.40 bits per heavy atom. The maximum Gasteiger partial charge on any atom is 0.107 e. The van der Waals surface area contributed by atoms with Crippen molar-refractivity contribution in [3.8, 4) is 6.07 Å². The lowest BCUT2D eigenvalue weighted by atomic mass is 10.1. The van der Waals surface area contributed by atoms with Gasteiger partial charge in [0.05, 0.1) is 11.6 Å². The van der Waals surface area contributed by atoms with Crippen LogP contribution in [0.1, 0.15) is 24.0 Å². The molecule has 78 valence electrons. The predicted octanol–water partition coefficient (Wildman–Crippen LogP) is 1.47. The number of rotatable bonds is 2. The van der Waals surface area contributed by atoms with Gasteiger partial charge in [-0.3, -0.25) is 4.90 Å². The topological polar surface area (TPSA) is 47.3 Å². The molecule has 3 nitrogen and oxygen atoms in total. The van der Waals surface area contributed by atoms with Gasteiger partial charge in [-0.1, -0.05) is 12.1 Å². The van der Waals surface area contributed by atoms with Crippen LogP contribution in [0.4, 0.5) is 0 Å². The molecule has 1 saturated heterocycles. The highest BCUT2D eigenvalue weighted by Gasteiger charge is 2.21. The molecule has 1 aliphatic rings. The summed E-state index contributed by atoms with van der Waals surface area (Å²) in [4.78, 5) is 2.04. The zero-order chi connectivity index (χ0) is 10.7. The Morgan fingerprint density at radius 3 is 3.07 bits per heavy atom. The summed E-state index contributed by atoms with van der Waals surface area (Å²) in [5, 5.41) is 18.4. The smallest absolute Gasteiger partial charge is 0.107 e. The minimum Gasteiger partial charge on any atom is -0.378 e. The van der Waals surface area contributed by atoms with E-state index in [-0.39, 0.29) is 6.23 Å². The lowest BCUT2D eigenvalue weighted by molar-refractivity contribution is 0.0328. The second-order valence-corrected chi connectivity index (χ2v) is 3.91. The van der Waals surface area contributed by atoms with E-state index in [0.29, 0.717) is 5.56 Å². The molecular weight excluding hydrogens is 188 g/mol. The average Bonchev–Trinajstić information content (AvgIpc) is 2.65. The third kappa shape index (κ3) is 2.35. The molecule has 3 heteroatoms. The molecule has 15 heavy (non-hydrogen) atoms. The number of likely N-dealkylation sites (tertiary alicyclic amines) is 1. The third-order valence-electron chi connectivity index (χ3n) is 2.77. The molecule has 1 unspecified atom stereocenters. The Morgan fingerprint density at radius 1 is 1.53 bits per heavy atom. The van der Waals surface area contributed by atoms with Crippen molar-refractivity contribution in [3.05, 3.63) is 35.4 Å². The number of hydrogen-bond donors (Lipinski definition) is 1. The van der Waals surface area contributed by atoms with Crippen LogP contribution < -0.4 is 0 Å². The first kappa shape index (κ1) is 10.2. The van der Waals surface area contributed by atoms with Gasteiger partial charge in [-0.15, -0.1) is 0 Å². The van der Waals surface area contributed by atoms with E-state index >= 15 is 0 Å². The molecule has 0 saturated carbocycles. The Hall–Kier alpha value is -1.37. The summed E-state index contributed by atoms with van der Waals surface area (Å²) in [5.41, 5.74) is 1.77. The summed E-state index contributed by atoms with van der Waals surface area (Å²) in [5.74, 6) is 0. The van der Waals surface area contributed by atoms with Crippen molar-refractivity contribution >= 4 is 0 Å². The van der Waals surface area contributed by atoms with Crippen molar-refractivity contribution < 1.29 is 5.11 Å². The minimum atomic E-state index is -0.309. The van der Waals surface area contributed by atoms with E-state index in [9.17, 15) is 5.11 Å². The fourth-order valence-electron chi connectivity index (χ4n) is 1.97. The summed E-state index contributed by atoms with van der Waals surface area (Å²) >= 11 is 0. The van der Waals surface area contributed by atoms with Gasteiger partial charge in [-0.25, -0.2) is 0 Å². The van der Waals surface area contributed by atoms with Crippen molar-refractivity contribution in [3.63, 3.8) is 0 Å². The van der Waals surface area contributed by atoms with Crippen LogP contribution in [0.2, 0.25) is 0 Å². The first-order valence-corrected chi connectivity index (χ1v) is 5.21. The molecule has 0 bridgehead atoms. The zero-order valence-corrected chi connectivity index (χ0v) is 8.56. The summed E-state index contributed by atoms with van der Waals surface area (Å²) in [7, 11) is 0. The van der Waals surface area contributed by atoms with Crippen LogP contribution in [0, 0.1) is 11.3 Å². The van der Waals surface area contributed by atoms with Gasteiger partial charge in [0.25, 0.3) is 0 Å². The van der Waals surface area contributed by atoms with Crippen molar-refractivity contribution in [2.45, 2.75) is 25.6 Å². The van der Waals surface area contributed by atoms with E-state index in [0.717, 1.165) is 31.5 Å². The molecule has 1 atom stereocenters. The fraction of sp³-hybridized carbons (Fsp3) is 0.417. The largest absolute Gasteiger partial charge is 0.378 e. The van der Waals surface area contributed by atoms with Crippen molar-refractivity contribution in [2.75, 3.05) is 6.54 Å². The second kappa shape index (κ2) is 4.43. The first-order chi connectivity index (χ1) is 7.29. The Kier molecular flexibility index (Phi) is 3.00. The molecule has 0 radical (unpaired) electrons. The molecule has 2 rings (SSSR count). The first-order valence-electron chi connectivity index (χ1n) is 5.21. The molecule has 0 aromatic heterocycles. The second-order valence-electron chi connectivity index (χ2n) is 3.91. The summed E-state index contributed by atoms with van der Waals surface area (Å²) in [6, 6.07) is 9.68. The van der Waals surface area contributed by atoms with Crippen LogP contribution in [-0.2, 0) is 6.54 Å². The number of nitriles is 1. The number of nitrogens with zero attached hydrogens (tertiary/aromatic N) is 2. The van der Waals surface area contributed by atoms with E-state index < -0.39 is 0 Å². The van der Waals surface area contributed by atoms with Crippen LogP contribution in [0.3, 0.4) is 0 Å². The molecule has 0 amide bonds. The zero-order valence-electron chi connectivity index (χ0n) is 8.56. The van der Waals surface area contributed by atoms with E-state index in [1.54, 1.807) is 6.07 Å². The van der Waals surface area contributed by atoms with Gasteiger partial charge in [-0.2, -0.15) is 5.26 Å². The normalized spacial score (nSPS) is 21.5. The van der Waals surface area contributed by atoms with Crippen molar-refractivity contribution in [2.24, 2.45) is 0 Å². The van der Waals surface area contributed by atoms with Crippen LogP contribution >= 0.6 is 0 Å². The van der Waals surface area contributed by atoms with E-state index in [1.165, 1.54) is 0 Å². The molecule has 1 aliphatic heterocycles. The molecule has 1 heterocycles. The highest BCUT2D eigenvalue weighted by atomic mass is 16.3. The summed E-state index contributed by atoms with van der Waals surface area (Å²) < 4.78 is 0. The molecule has 1 fully saturated rings. The molecule has 1 aromatic carbocycles. The fourth-order valence-corrected chi connectivity index (χ4v) is 1.97. The van der Waals surface area contributed by atoms with Gasteiger partial charge < -0.3 is 5.11 Å². The van der Waals surface area contributed by atoms with Crippen LogP contribution in [0.25, 0.3) is 0 Å². The lowest BCUT2D eigenvalue weighted by Crippen LogP contribution is -2.28. The maximum absolute atomic E-state index is 9.64. The van der Waals surface area contributed by atoms with Gasteiger partial charge in [0.2, 0.25) is 0 Å². The quantitative estimate of drug-likeness (QED) is 0.790. The van der Waals surface area contributed by atoms with E-state index in [4.69, 9.17) is 5.26 Å². The van der Waals surface area contributed by atoms with Crippen molar-refractivity contribution in [1.29, 1.82) is 5.26 Å². The predicted molar refractivity (Wildman–Crippen MR) is 56.8 cm³/mol. The molecule has 1 aromatic rings. The van der Waals surface area contributed by atoms with E-state index in [2.05, 4.69) is 6.07 Å². The van der Waals surface area contributed by atoms with Crippen LogP contribution in [0.5, 0.6) is 0 Å². The maximum atomic E-state index is 9.64. The van der Waals surface area contributed by atoms with Gasteiger partial charge in [0.15, 0.2) is 0 Å². The molecule has 0 spiro atoms. The summed E-state index contributed by atoms with van der Waals surface area (Å²) in [6.07, 6.45) is 1.60. The van der Waals surface area contributed by atoms with Crippen molar-refractivity contribution in [1.82, 2.24) is 4.90 Å². The van der Waals surface area contributed by atoms with Crippen LogP contribution in [-0.4, -0.2) is 22.8 Å².